The lowest BCUT2D eigenvalue weighted by Crippen LogP contribution is -2.62. The van der Waals surface area contributed by atoms with Gasteiger partial charge in [-0.15, -0.1) is 0 Å². The molecule has 0 spiro atoms. The molecule has 2 aliphatic rings. The highest BCUT2D eigenvalue weighted by molar-refractivity contribution is 7.00. The first-order valence-electron chi connectivity index (χ1n) is 31.7. The van der Waals surface area contributed by atoms with Gasteiger partial charge < -0.3 is 14.4 Å². The molecule has 0 bridgehead atoms. The molecular weight excluding hydrogens is 1090 g/mol. The van der Waals surface area contributed by atoms with Gasteiger partial charge in [0.05, 0.1) is 16.7 Å². The van der Waals surface area contributed by atoms with E-state index in [9.17, 15) is 0 Å². The predicted molar refractivity (Wildman–Crippen MR) is 385 cm³/mol. The molecule has 16 rings (SSSR count). The number of hydrogen-bond acceptors (Lipinski definition) is 2. The number of para-hydroxylation sites is 2. The van der Waals surface area contributed by atoms with Crippen molar-refractivity contribution in [3.8, 4) is 72.4 Å². The first-order chi connectivity index (χ1) is 43.9. The molecule has 0 radical (unpaired) electrons. The van der Waals surface area contributed by atoms with Gasteiger partial charge >= 0.3 is 0 Å². The van der Waals surface area contributed by atoms with Crippen LogP contribution in [-0.4, -0.2) is 11.3 Å². The van der Waals surface area contributed by atoms with E-state index in [0.717, 1.165) is 95.4 Å². The van der Waals surface area contributed by atoms with E-state index in [0.29, 0.717) is 0 Å². The van der Waals surface area contributed by atoms with Crippen molar-refractivity contribution >= 4 is 79.0 Å². The molecule has 0 atom stereocenters. The van der Waals surface area contributed by atoms with Crippen LogP contribution in [0.25, 0.3) is 94.3 Å². The summed E-state index contributed by atoms with van der Waals surface area (Å²) in [6.07, 6.45) is 0. The van der Waals surface area contributed by atoms with Crippen LogP contribution in [0.5, 0.6) is 0 Å². The molecule has 13 aromatic carbocycles. The number of anilines is 6. The lowest BCUT2D eigenvalue weighted by atomic mass is 9.33. The van der Waals surface area contributed by atoms with Crippen molar-refractivity contribution in [2.75, 3.05) is 9.80 Å². The summed E-state index contributed by atoms with van der Waals surface area (Å²) < 4.78 is 2.53. The molecule has 0 fully saturated rings. The Morgan fingerprint density at radius 3 is 0.878 bits per heavy atom. The highest BCUT2D eigenvalue weighted by atomic mass is 15.2. The van der Waals surface area contributed by atoms with Crippen LogP contribution in [0, 0.1) is 0 Å². The molecule has 2 aliphatic heterocycles. The first-order valence-corrected chi connectivity index (χ1v) is 31.7. The van der Waals surface area contributed by atoms with Crippen LogP contribution >= 0.6 is 0 Å². The summed E-state index contributed by atoms with van der Waals surface area (Å²) in [6.45, 7) is 14.1. The Hall–Kier alpha value is -10.7. The van der Waals surface area contributed by atoms with Crippen molar-refractivity contribution in [1.82, 2.24) is 4.57 Å². The maximum absolute atomic E-state index is 2.65. The van der Waals surface area contributed by atoms with Gasteiger partial charge in [-0.3, -0.25) is 0 Å². The Balaban J connectivity index is 1.11. The van der Waals surface area contributed by atoms with Crippen molar-refractivity contribution < 1.29 is 0 Å². The van der Waals surface area contributed by atoms with Gasteiger partial charge in [0.25, 0.3) is 6.71 Å². The molecule has 3 heterocycles. The van der Waals surface area contributed by atoms with E-state index in [-0.39, 0.29) is 17.5 Å². The maximum atomic E-state index is 2.65. The molecule has 0 N–H and O–H groups in total. The van der Waals surface area contributed by atoms with Gasteiger partial charge in [0.1, 0.15) is 0 Å². The molecule has 4 heteroatoms. The van der Waals surface area contributed by atoms with Gasteiger partial charge in [0.15, 0.2) is 0 Å². The minimum Gasteiger partial charge on any atom is -0.311 e. The molecule has 3 nitrogen and oxygen atoms in total. The molecule has 0 unspecified atom stereocenters. The van der Waals surface area contributed by atoms with Crippen LogP contribution in [0.2, 0.25) is 0 Å². The summed E-state index contributed by atoms with van der Waals surface area (Å²) in [6, 6.07) is 114. The van der Waals surface area contributed by atoms with Gasteiger partial charge in [-0.2, -0.15) is 0 Å². The summed E-state index contributed by atoms with van der Waals surface area (Å²) in [4.78, 5) is 5.31. The van der Waals surface area contributed by atoms with Crippen LogP contribution in [0.4, 0.5) is 34.1 Å². The summed E-state index contributed by atoms with van der Waals surface area (Å²) in [7, 11) is 0. The molecule has 0 aliphatic carbocycles. The molecule has 0 saturated heterocycles. The second-order valence-corrected chi connectivity index (χ2v) is 26.5. The van der Waals surface area contributed by atoms with Crippen molar-refractivity contribution in [2.24, 2.45) is 0 Å². The minimum atomic E-state index is -0.231. The number of hydrogen-bond donors (Lipinski definition) is 0. The van der Waals surface area contributed by atoms with Crippen molar-refractivity contribution in [1.29, 1.82) is 0 Å². The van der Waals surface area contributed by atoms with Gasteiger partial charge in [0, 0.05) is 44.9 Å². The Morgan fingerprint density at radius 2 is 0.556 bits per heavy atom. The molecule has 0 saturated carbocycles. The number of benzene rings is 13. The average molecular weight is 1150 g/mol. The topological polar surface area (TPSA) is 11.4 Å². The zero-order valence-corrected chi connectivity index (χ0v) is 51.8. The number of fused-ring (bicyclic) bond motifs is 7. The zero-order chi connectivity index (χ0) is 60.8. The normalized spacial score (nSPS) is 12.7. The number of aromatic nitrogens is 1. The molecule has 0 amide bonds. The van der Waals surface area contributed by atoms with E-state index in [1.165, 1.54) is 60.5 Å². The lowest BCUT2D eigenvalue weighted by Gasteiger charge is -2.46. The van der Waals surface area contributed by atoms with E-state index in [4.69, 9.17) is 0 Å². The third-order valence-electron chi connectivity index (χ3n) is 18.7. The monoisotopic (exact) mass is 1150 g/mol. The van der Waals surface area contributed by atoms with Crippen LogP contribution < -0.4 is 26.2 Å². The first kappa shape index (κ1) is 54.7. The standard InChI is InChI=1S/C86H68BN3/c1-85(2,3)74-55-76-80(53-72(74)61-37-21-11-22-38-61)89(67-47-63(57-29-13-7-14-30-57)45-64(48-67)58-31-15-8-16-32-58)82-51-69(88-78-43-27-25-41-70(78)71-42-26-28-44-79(71)88)52-83-84(82)87(76)77-56-75(86(4,5)6)73(62-39-23-12-24-40-62)54-81(77)90(83)68-49-65(59-33-17-9-18-34-59)46-66(50-68)60-35-19-10-20-36-60/h7-56H,1-6H3. The van der Waals surface area contributed by atoms with Gasteiger partial charge in [-0.05, 0) is 178 Å². The zero-order valence-electron chi connectivity index (χ0n) is 51.8. The predicted octanol–water partition coefficient (Wildman–Crippen LogP) is 21.5. The van der Waals surface area contributed by atoms with Gasteiger partial charge in [-0.1, -0.05) is 272 Å². The van der Waals surface area contributed by atoms with Crippen LogP contribution in [0.3, 0.4) is 0 Å². The van der Waals surface area contributed by atoms with Crippen LogP contribution in [0.1, 0.15) is 52.7 Å². The third-order valence-corrected chi connectivity index (χ3v) is 18.7. The highest BCUT2D eigenvalue weighted by Gasteiger charge is 2.46. The Kier molecular flexibility index (Phi) is 13.1. The maximum Gasteiger partial charge on any atom is 0.252 e. The van der Waals surface area contributed by atoms with Gasteiger partial charge in [-0.25, -0.2) is 0 Å². The van der Waals surface area contributed by atoms with Gasteiger partial charge in [0.2, 0.25) is 0 Å². The highest BCUT2D eigenvalue weighted by Crippen LogP contribution is 2.52. The summed E-state index contributed by atoms with van der Waals surface area (Å²) >= 11 is 0. The van der Waals surface area contributed by atoms with Crippen molar-refractivity contribution in [3.63, 3.8) is 0 Å². The smallest absolute Gasteiger partial charge is 0.252 e. The van der Waals surface area contributed by atoms with Crippen LogP contribution in [0.15, 0.2) is 303 Å². The molecule has 1 aromatic heterocycles. The summed E-state index contributed by atoms with van der Waals surface area (Å²) in [5, 5.41) is 2.44. The van der Waals surface area contributed by atoms with E-state index >= 15 is 0 Å². The van der Waals surface area contributed by atoms with E-state index < -0.39 is 0 Å². The molecular formula is C86H68BN3. The fourth-order valence-electron chi connectivity index (χ4n) is 14.6. The number of rotatable bonds is 9. The Labute approximate surface area is 529 Å². The minimum absolute atomic E-state index is 0.201. The molecule has 430 valence electrons. The largest absolute Gasteiger partial charge is 0.311 e. The third kappa shape index (κ3) is 9.36. The number of nitrogens with zero attached hydrogens (tertiary/aromatic N) is 3. The van der Waals surface area contributed by atoms with E-state index in [1.807, 2.05) is 0 Å². The summed E-state index contributed by atoms with van der Waals surface area (Å²) in [5.74, 6) is 0. The fourth-order valence-corrected chi connectivity index (χ4v) is 14.6. The fraction of sp³-hybridized carbons (Fsp3) is 0.0930. The van der Waals surface area contributed by atoms with Crippen molar-refractivity contribution in [2.45, 2.75) is 52.4 Å². The second kappa shape index (κ2) is 21.6. The van der Waals surface area contributed by atoms with E-state index in [2.05, 4.69) is 359 Å². The van der Waals surface area contributed by atoms with Crippen LogP contribution in [-0.2, 0) is 10.8 Å². The second-order valence-electron chi connectivity index (χ2n) is 26.5. The Bertz CT molecular complexity index is 4630. The SMILES string of the molecule is CC(C)(C)c1cc2c(cc1-c1ccccc1)N(c1cc(-c3ccccc3)cc(-c3ccccc3)c1)c1cc(-n3c4ccccc4c4ccccc43)cc3c1B2c1cc(C(C)(C)C)c(-c2ccccc2)cc1N3c1cc(-c2ccccc2)cc(-c2ccccc2)c1. The quantitative estimate of drug-likeness (QED) is 0.133. The molecule has 14 aromatic rings. The van der Waals surface area contributed by atoms with E-state index in [1.54, 1.807) is 0 Å². The molecule has 90 heavy (non-hydrogen) atoms. The Morgan fingerprint density at radius 1 is 0.256 bits per heavy atom. The lowest BCUT2D eigenvalue weighted by molar-refractivity contribution is 0.592. The average Bonchev–Trinajstić information content (AvgIpc) is 0.721. The van der Waals surface area contributed by atoms with Crippen molar-refractivity contribution in [3.05, 3.63) is 314 Å². The summed E-state index contributed by atoms with van der Waals surface area (Å²) in [5.41, 5.74) is 30.3.